The van der Waals surface area contributed by atoms with Crippen LogP contribution in [0.3, 0.4) is 0 Å². The van der Waals surface area contributed by atoms with Crippen molar-refractivity contribution in [3.8, 4) is 0 Å². The quantitative estimate of drug-likeness (QED) is 0.869. The number of carbonyl (C=O) groups is 2. The highest BCUT2D eigenvalue weighted by atomic mass is 32.1. The molecule has 8 heteroatoms. The number of nitrogens with one attached hydrogen (secondary N) is 2. The summed E-state index contributed by atoms with van der Waals surface area (Å²) >= 11 is 1.57. The van der Waals surface area contributed by atoms with Gasteiger partial charge in [0.05, 0.1) is 11.7 Å². The number of hydrogen-bond donors (Lipinski definition) is 2. The lowest BCUT2D eigenvalue weighted by molar-refractivity contribution is -0.120. The molecule has 2 N–H and O–H groups in total. The number of amides is 3. The van der Waals surface area contributed by atoms with Crippen LogP contribution in [-0.4, -0.2) is 27.5 Å². The molecule has 0 saturated heterocycles. The Labute approximate surface area is 149 Å². The van der Waals surface area contributed by atoms with Gasteiger partial charge >= 0.3 is 6.03 Å². The highest BCUT2D eigenvalue weighted by Crippen LogP contribution is 2.33. The van der Waals surface area contributed by atoms with E-state index in [1.165, 1.54) is 15.8 Å². The van der Waals surface area contributed by atoms with Crippen LogP contribution in [0.25, 0.3) is 10.2 Å². The molecule has 0 spiro atoms. The predicted molar refractivity (Wildman–Crippen MR) is 96.9 cm³/mol. The first-order valence-electron chi connectivity index (χ1n) is 8.59. The molecule has 1 aliphatic rings. The molecule has 0 aliphatic heterocycles. The number of nitrogens with zero attached hydrogens (tertiary/aromatic N) is 2. The molecule has 7 nitrogen and oxygen atoms in total. The lowest BCUT2D eigenvalue weighted by Gasteiger charge is -2.12. The van der Waals surface area contributed by atoms with Crippen LogP contribution < -0.4 is 16.2 Å². The van der Waals surface area contributed by atoms with Crippen molar-refractivity contribution < 1.29 is 9.59 Å². The number of aromatic nitrogens is 2. The van der Waals surface area contributed by atoms with E-state index in [2.05, 4.69) is 15.6 Å². The van der Waals surface area contributed by atoms with Crippen molar-refractivity contribution in [3.05, 3.63) is 27.1 Å². The molecular formula is C17H22N4O3S. The maximum Gasteiger partial charge on any atom is 0.321 e. The summed E-state index contributed by atoms with van der Waals surface area (Å²) in [7, 11) is 0. The van der Waals surface area contributed by atoms with Gasteiger partial charge in [0, 0.05) is 10.9 Å². The van der Waals surface area contributed by atoms with Gasteiger partial charge in [0.1, 0.15) is 11.4 Å². The third-order valence-corrected chi connectivity index (χ3v) is 5.70. The molecular weight excluding hydrogens is 340 g/mol. The van der Waals surface area contributed by atoms with Gasteiger partial charge in [-0.25, -0.2) is 9.78 Å². The molecule has 0 fully saturated rings. The third kappa shape index (κ3) is 3.73. The molecule has 3 rings (SSSR count). The Bertz CT molecular complexity index is 871. The summed E-state index contributed by atoms with van der Waals surface area (Å²) in [5.74, 6) is -0.534. The topological polar surface area (TPSA) is 93.1 Å². The van der Waals surface area contributed by atoms with E-state index < -0.39 is 11.9 Å². The lowest BCUT2D eigenvalue weighted by Crippen LogP contribution is -2.45. The molecule has 1 aliphatic carbocycles. The predicted octanol–water partition coefficient (Wildman–Crippen LogP) is 1.96. The van der Waals surface area contributed by atoms with Gasteiger partial charge in [-0.15, -0.1) is 11.3 Å². The van der Waals surface area contributed by atoms with E-state index in [9.17, 15) is 14.4 Å². The summed E-state index contributed by atoms with van der Waals surface area (Å²) in [6.45, 7) is 3.57. The maximum absolute atomic E-state index is 12.8. The second-order valence-corrected chi connectivity index (χ2v) is 7.48. The van der Waals surface area contributed by atoms with Gasteiger partial charge in [-0.1, -0.05) is 6.92 Å². The van der Waals surface area contributed by atoms with Gasteiger partial charge in [-0.05, 0) is 44.6 Å². The molecule has 0 unspecified atom stereocenters. The summed E-state index contributed by atoms with van der Waals surface area (Å²) in [5, 5.41) is 5.54. The molecule has 1 atom stereocenters. The Hall–Kier alpha value is -2.22. The van der Waals surface area contributed by atoms with E-state index in [1.807, 2.05) is 13.8 Å². The second-order valence-electron chi connectivity index (χ2n) is 6.40. The number of thiophene rings is 1. The summed E-state index contributed by atoms with van der Waals surface area (Å²) in [5.41, 5.74) is 0.884. The summed E-state index contributed by atoms with van der Waals surface area (Å²) < 4.78 is 1.27. The molecule has 0 aromatic carbocycles. The molecule has 25 heavy (non-hydrogen) atoms. The Morgan fingerprint density at radius 1 is 1.36 bits per heavy atom. The molecule has 0 radical (unpaired) electrons. The van der Waals surface area contributed by atoms with Crippen molar-refractivity contribution in [2.45, 2.75) is 58.5 Å². The van der Waals surface area contributed by atoms with Crippen LogP contribution in [0, 0.1) is 0 Å². The first kappa shape index (κ1) is 17.6. The zero-order valence-corrected chi connectivity index (χ0v) is 15.2. The van der Waals surface area contributed by atoms with E-state index in [0.717, 1.165) is 42.5 Å². The second kappa shape index (κ2) is 7.35. The van der Waals surface area contributed by atoms with Gasteiger partial charge in [0.15, 0.2) is 0 Å². The van der Waals surface area contributed by atoms with Crippen molar-refractivity contribution in [1.82, 2.24) is 20.2 Å². The summed E-state index contributed by atoms with van der Waals surface area (Å²) in [6, 6.07) is -0.569. The van der Waals surface area contributed by atoms with Crippen LogP contribution in [0.15, 0.2) is 11.1 Å². The Kier molecular flexibility index (Phi) is 5.17. The monoisotopic (exact) mass is 362 g/mol. The fourth-order valence-electron chi connectivity index (χ4n) is 2.98. The van der Waals surface area contributed by atoms with Crippen molar-refractivity contribution in [2.24, 2.45) is 0 Å². The normalized spacial score (nSPS) is 14.8. The lowest BCUT2D eigenvalue weighted by atomic mass is 9.97. The minimum absolute atomic E-state index is 0.0223. The maximum atomic E-state index is 12.8. The van der Waals surface area contributed by atoms with E-state index in [0.29, 0.717) is 5.39 Å². The molecule has 2 aromatic heterocycles. The standard InChI is InChI=1S/C17H22N4O3S/c1-3-10(2)19-17(24)20-13(22)8-21-9-18-15-14(16(21)23)11-6-4-5-7-12(11)25-15/h9-10H,3-8H2,1-2H3,(H2,19,20,22,24)/t10-/m0/s1. The smallest absolute Gasteiger partial charge is 0.321 e. The average Bonchev–Trinajstić information content (AvgIpc) is 2.96. The van der Waals surface area contributed by atoms with Gasteiger partial charge < -0.3 is 5.32 Å². The fraction of sp³-hybridized carbons (Fsp3) is 0.529. The molecule has 2 aromatic rings. The van der Waals surface area contributed by atoms with Crippen LogP contribution in [-0.2, 0) is 24.2 Å². The van der Waals surface area contributed by atoms with Crippen molar-refractivity contribution >= 4 is 33.5 Å². The number of aryl methyl sites for hydroxylation is 2. The van der Waals surface area contributed by atoms with Gasteiger partial charge in [-0.3, -0.25) is 19.5 Å². The Morgan fingerprint density at radius 3 is 2.88 bits per heavy atom. The molecule has 2 heterocycles. The van der Waals surface area contributed by atoms with Gasteiger partial charge in [0.2, 0.25) is 5.91 Å². The van der Waals surface area contributed by atoms with Gasteiger partial charge in [-0.2, -0.15) is 0 Å². The highest BCUT2D eigenvalue weighted by Gasteiger charge is 2.20. The van der Waals surface area contributed by atoms with E-state index in [-0.39, 0.29) is 18.1 Å². The minimum atomic E-state index is -0.547. The zero-order chi connectivity index (χ0) is 18.0. The van der Waals surface area contributed by atoms with E-state index in [1.54, 1.807) is 11.3 Å². The Balaban J connectivity index is 1.78. The first-order valence-corrected chi connectivity index (χ1v) is 9.41. The number of fused-ring (bicyclic) bond motifs is 3. The van der Waals surface area contributed by atoms with Crippen LogP contribution in [0.4, 0.5) is 4.79 Å². The van der Waals surface area contributed by atoms with Crippen molar-refractivity contribution in [2.75, 3.05) is 0 Å². The van der Waals surface area contributed by atoms with Crippen LogP contribution in [0.5, 0.6) is 0 Å². The van der Waals surface area contributed by atoms with E-state index >= 15 is 0 Å². The average molecular weight is 362 g/mol. The zero-order valence-electron chi connectivity index (χ0n) is 14.4. The van der Waals surface area contributed by atoms with E-state index in [4.69, 9.17) is 0 Å². The van der Waals surface area contributed by atoms with Gasteiger partial charge in [0.25, 0.3) is 5.56 Å². The SMILES string of the molecule is CC[C@H](C)NC(=O)NC(=O)Cn1cnc2sc3c(c2c1=O)CCCC3. The molecule has 0 saturated carbocycles. The van der Waals surface area contributed by atoms with Crippen LogP contribution >= 0.6 is 11.3 Å². The van der Waals surface area contributed by atoms with Crippen LogP contribution in [0.1, 0.15) is 43.6 Å². The van der Waals surface area contributed by atoms with Crippen molar-refractivity contribution in [3.63, 3.8) is 0 Å². The summed E-state index contributed by atoms with van der Waals surface area (Å²) in [4.78, 5) is 42.8. The number of urea groups is 1. The number of rotatable bonds is 4. The summed E-state index contributed by atoms with van der Waals surface area (Å²) in [6.07, 6.45) is 6.25. The van der Waals surface area contributed by atoms with Crippen LogP contribution in [0.2, 0.25) is 0 Å². The largest absolute Gasteiger partial charge is 0.335 e. The molecule has 134 valence electrons. The highest BCUT2D eigenvalue weighted by molar-refractivity contribution is 7.18. The Morgan fingerprint density at radius 2 is 2.12 bits per heavy atom. The van der Waals surface area contributed by atoms with Crippen molar-refractivity contribution in [1.29, 1.82) is 0 Å². The number of hydrogen-bond acceptors (Lipinski definition) is 5. The first-order chi connectivity index (χ1) is 12.0. The molecule has 0 bridgehead atoms. The fourth-order valence-corrected chi connectivity index (χ4v) is 4.20. The minimum Gasteiger partial charge on any atom is -0.335 e. The number of imide groups is 1. The third-order valence-electron chi connectivity index (χ3n) is 4.50. The molecule has 3 amide bonds. The number of carbonyl (C=O) groups excluding carboxylic acids is 2.